The van der Waals surface area contributed by atoms with Gasteiger partial charge in [-0.25, -0.2) is 0 Å². The molecule has 1 N–H and O–H groups in total. The second-order valence-corrected chi connectivity index (χ2v) is 5.94. The third-order valence-electron chi connectivity index (χ3n) is 4.47. The maximum Gasteiger partial charge on any atom is 0.231 e. The molecular weight excluding hydrogens is 254 g/mol. The largest absolute Gasteiger partial charge is 0.378 e. The van der Waals surface area contributed by atoms with E-state index in [0.717, 1.165) is 50.6 Å². The van der Waals surface area contributed by atoms with Gasteiger partial charge < -0.3 is 14.6 Å². The summed E-state index contributed by atoms with van der Waals surface area (Å²) >= 11 is 0. The van der Waals surface area contributed by atoms with Crippen molar-refractivity contribution in [2.75, 3.05) is 13.2 Å². The van der Waals surface area contributed by atoms with E-state index < -0.39 is 0 Å². The topological polar surface area (TPSA) is 60.2 Å². The summed E-state index contributed by atoms with van der Waals surface area (Å²) in [6.45, 7) is 4.03. The van der Waals surface area contributed by atoms with E-state index in [2.05, 4.69) is 22.4 Å². The maximum absolute atomic E-state index is 5.64. The van der Waals surface area contributed by atoms with Crippen LogP contribution in [0.25, 0.3) is 0 Å². The highest BCUT2D eigenvalue weighted by Gasteiger charge is 2.30. The van der Waals surface area contributed by atoms with Gasteiger partial charge in [0.15, 0.2) is 5.82 Å². The van der Waals surface area contributed by atoms with Crippen LogP contribution in [0.3, 0.4) is 0 Å². The lowest BCUT2D eigenvalue weighted by molar-refractivity contribution is 0.109. The summed E-state index contributed by atoms with van der Waals surface area (Å²) in [6.07, 6.45) is 8.27. The molecule has 0 aromatic carbocycles. The molecule has 3 unspecified atom stereocenters. The van der Waals surface area contributed by atoms with Gasteiger partial charge in [-0.1, -0.05) is 24.9 Å². The number of aromatic nitrogens is 2. The van der Waals surface area contributed by atoms with E-state index >= 15 is 0 Å². The van der Waals surface area contributed by atoms with Crippen molar-refractivity contribution in [2.45, 2.75) is 69.9 Å². The lowest BCUT2D eigenvalue weighted by Gasteiger charge is -2.29. The van der Waals surface area contributed by atoms with E-state index in [1.807, 2.05) is 0 Å². The summed E-state index contributed by atoms with van der Waals surface area (Å²) in [4.78, 5) is 4.63. The van der Waals surface area contributed by atoms with Gasteiger partial charge in [-0.15, -0.1) is 0 Å². The monoisotopic (exact) mass is 279 g/mol. The van der Waals surface area contributed by atoms with Crippen molar-refractivity contribution in [2.24, 2.45) is 0 Å². The molecule has 1 aliphatic heterocycles. The molecular formula is C15H25N3O2. The van der Waals surface area contributed by atoms with Crippen LogP contribution in [0.1, 0.15) is 63.1 Å². The van der Waals surface area contributed by atoms with Gasteiger partial charge in [0.2, 0.25) is 5.89 Å². The number of rotatable bonds is 5. The molecule has 1 saturated carbocycles. The zero-order valence-electron chi connectivity index (χ0n) is 12.3. The molecule has 3 rings (SSSR count). The van der Waals surface area contributed by atoms with E-state index in [0.29, 0.717) is 12.0 Å². The second-order valence-electron chi connectivity index (χ2n) is 5.94. The minimum Gasteiger partial charge on any atom is -0.378 e. The van der Waals surface area contributed by atoms with E-state index in [1.54, 1.807) is 0 Å². The molecule has 0 amide bonds. The molecule has 2 aliphatic rings. The Hall–Kier alpha value is -0.940. The fourth-order valence-electron chi connectivity index (χ4n) is 3.44. The molecule has 1 aliphatic carbocycles. The van der Waals surface area contributed by atoms with Crippen molar-refractivity contribution in [3.05, 3.63) is 11.7 Å². The molecule has 2 heterocycles. The summed E-state index contributed by atoms with van der Waals surface area (Å²) in [6, 6.07) is 0.491. The maximum atomic E-state index is 5.64. The van der Waals surface area contributed by atoms with Gasteiger partial charge in [0.25, 0.3) is 0 Å². The number of ether oxygens (including phenoxy) is 1. The normalized spacial score (nSPS) is 30.8. The van der Waals surface area contributed by atoms with Gasteiger partial charge >= 0.3 is 0 Å². The minimum atomic E-state index is 0.288. The average molecular weight is 279 g/mol. The highest BCUT2D eigenvalue weighted by Crippen LogP contribution is 2.32. The Morgan fingerprint density at radius 2 is 2.10 bits per heavy atom. The van der Waals surface area contributed by atoms with Gasteiger partial charge in [0.05, 0.1) is 12.0 Å². The Kier molecular flexibility index (Phi) is 4.68. The third-order valence-corrected chi connectivity index (χ3v) is 4.47. The first-order valence-corrected chi connectivity index (χ1v) is 8.04. The molecule has 3 atom stereocenters. The Labute approximate surface area is 120 Å². The fourth-order valence-corrected chi connectivity index (χ4v) is 3.44. The smallest absolute Gasteiger partial charge is 0.231 e. The van der Waals surface area contributed by atoms with Gasteiger partial charge in [-0.3, -0.25) is 0 Å². The van der Waals surface area contributed by atoms with Crippen molar-refractivity contribution >= 4 is 0 Å². The van der Waals surface area contributed by atoms with Crippen LogP contribution in [0, 0.1) is 0 Å². The molecule has 112 valence electrons. The Bertz CT molecular complexity index is 413. The molecule has 20 heavy (non-hydrogen) atoms. The van der Waals surface area contributed by atoms with Crippen LogP contribution < -0.4 is 5.32 Å². The van der Waals surface area contributed by atoms with Crippen LogP contribution in [0.2, 0.25) is 0 Å². The quantitative estimate of drug-likeness (QED) is 0.897. The standard InChI is InChI=1S/C15H25N3O2/c1-2-16-13-8-4-3-7-12(13)15-17-14(18-20-15)10-11-6-5-9-19-11/h11-13,16H,2-10H2,1H3. The van der Waals surface area contributed by atoms with E-state index in [-0.39, 0.29) is 6.10 Å². The van der Waals surface area contributed by atoms with Gasteiger partial charge in [0.1, 0.15) is 0 Å². The van der Waals surface area contributed by atoms with Crippen molar-refractivity contribution in [1.29, 1.82) is 0 Å². The van der Waals surface area contributed by atoms with Crippen LogP contribution in [-0.4, -0.2) is 35.4 Å². The molecule has 0 spiro atoms. The minimum absolute atomic E-state index is 0.288. The summed E-state index contributed by atoms with van der Waals surface area (Å²) in [5.74, 6) is 2.02. The number of hydrogen-bond acceptors (Lipinski definition) is 5. The number of hydrogen-bond donors (Lipinski definition) is 1. The molecule has 1 aromatic rings. The summed E-state index contributed by atoms with van der Waals surface area (Å²) in [7, 11) is 0. The van der Waals surface area contributed by atoms with Gasteiger partial charge in [0, 0.05) is 19.1 Å². The lowest BCUT2D eigenvalue weighted by atomic mass is 9.84. The highest BCUT2D eigenvalue weighted by atomic mass is 16.5. The van der Waals surface area contributed by atoms with Crippen LogP contribution in [0.4, 0.5) is 0 Å². The molecule has 1 saturated heterocycles. The molecule has 0 radical (unpaired) electrons. The highest BCUT2D eigenvalue weighted by molar-refractivity contribution is 5.02. The van der Waals surface area contributed by atoms with E-state index in [9.17, 15) is 0 Å². The van der Waals surface area contributed by atoms with Crippen LogP contribution >= 0.6 is 0 Å². The van der Waals surface area contributed by atoms with Crippen molar-refractivity contribution in [1.82, 2.24) is 15.5 Å². The SMILES string of the molecule is CCNC1CCCCC1c1nc(CC2CCCO2)no1. The Morgan fingerprint density at radius 1 is 1.20 bits per heavy atom. The van der Waals surface area contributed by atoms with Gasteiger partial charge in [-0.05, 0) is 32.2 Å². The predicted octanol–water partition coefficient (Wildman–Crippen LogP) is 2.43. The summed E-state index contributed by atoms with van der Waals surface area (Å²) < 4.78 is 11.2. The third kappa shape index (κ3) is 3.20. The summed E-state index contributed by atoms with van der Waals surface area (Å²) in [5, 5.41) is 7.72. The van der Waals surface area contributed by atoms with E-state index in [1.165, 1.54) is 19.3 Å². The van der Waals surface area contributed by atoms with Crippen LogP contribution in [0.15, 0.2) is 4.52 Å². The Balaban J connectivity index is 1.64. The first-order valence-electron chi connectivity index (χ1n) is 8.04. The van der Waals surface area contributed by atoms with Crippen molar-refractivity contribution < 1.29 is 9.26 Å². The first-order chi connectivity index (χ1) is 9.86. The molecule has 0 bridgehead atoms. The zero-order valence-corrected chi connectivity index (χ0v) is 12.3. The molecule has 1 aromatic heterocycles. The Morgan fingerprint density at radius 3 is 2.90 bits per heavy atom. The average Bonchev–Trinajstić information content (AvgIpc) is 3.12. The summed E-state index contributed by atoms with van der Waals surface area (Å²) in [5.41, 5.74) is 0. The second kappa shape index (κ2) is 6.68. The van der Waals surface area contributed by atoms with Crippen LogP contribution in [0.5, 0.6) is 0 Å². The van der Waals surface area contributed by atoms with E-state index in [4.69, 9.17) is 9.26 Å². The molecule has 5 nitrogen and oxygen atoms in total. The van der Waals surface area contributed by atoms with Gasteiger partial charge in [-0.2, -0.15) is 4.98 Å². The van der Waals surface area contributed by atoms with Crippen LogP contribution in [-0.2, 0) is 11.2 Å². The number of nitrogens with zero attached hydrogens (tertiary/aromatic N) is 2. The number of nitrogens with one attached hydrogen (secondary N) is 1. The predicted molar refractivity (Wildman–Crippen MR) is 75.6 cm³/mol. The fraction of sp³-hybridized carbons (Fsp3) is 0.867. The number of likely N-dealkylation sites (N-methyl/N-ethyl adjacent to an activating group) is 1. The molecule has 5 heteroatoms. The van der Waals surface area contributed by atoms with Crippen molar-refractivity contribution in [3.63, 3.8) is 0 Å². The first kappa shape index (κ1) is 14.0. The lowest BCUT2D eigenvalue weighted by Crippen LogP contribution is -2.37. The zero-order chi connectivity index (χ0) is 13.8. The molecule has 2 fully saturated rings. The van der Waals surface area contributed by atoms with Crippen molar-refractivity contribution in [3.8, 4) is 0 Å².